The van der Waals surface area contributed by atoms with Crippen molar-refractivity contribution in [1.82, 2.24) is 5.32 Å². The van der Waals surface area contributed by atoms with Gasteiger partial charge < -0.3 is 15.2 Å². The molecule has 1 aromatic carbocycles. The summed E-state index contributed by atoms with van der Waals surface area (Å²) in [5.74, 6) is -0.00833. The summed E-state index contributed by atoms with van der Waals surface area (Å²) in [5.41, 5.74) is 2.18. The molecular formula is C12H15NO3. The number of fused-ring (bicyclic) bond motifs is 1. The zero-order chi connectivity index (χ0) is 11.5. The minimum Gasteiger partial charge on any atom is -0.508 e. The Labute approximate surface area is 94.2 Å². The first kappa shape index (κ1) is 11.0. The molecule has 1 aliphatic rings. The Morgan fingerprint density at radius 3 is 3.19 bits per heavy atom. The normalized spacial score (nSPS) is 18.9. The molecule has 0 bridgehead atoms. The van der Waals surface area contributed by atoms with Crippen LogP contribution in [0, 0.1) is 0 Å². The summed E-state index contributed by atoms with van der Waals surface area (Å²) < 4.78 is 4.66. The van der Waals surface area contributed by atoms with Gasteiger partial charge in [-0.1, -0.05) is 6.07 Å². The average molecular weight is 221 g/mol. The largest absolute Gasteiger partial charge is 0.508 e. The number of ether oxygens (including phenoxy) is 1. The predicted octanol–water partition coefficient (Wildman–Crippen LogP) is 1.14. The Bertz CT molecular complexity index is 403. The zero-order valence-corrected chi connectivity index (χ0v) is 9.19. The van der Waals surface area contributed by atoms with E-state index < -0.39 is 0 Å². The van der Waals surface area contributed by atoms with Crippen LogP contribution in [0.1, 0.15) is 23.6 Å². The van der Waals surface area contributed by atoms with Gasteiger partial charge in [0.05, 0.1) is 13.5 Å². The van der Waals surface area contributed by atoms with Gasteiger partial charge in [-0.3, -0.25) is 4.79 Å². The van der Waals surface area contributed by atoms with Gasteiger partial charge in [-0.15, -0.1) is 0 Å². The summed E-state index contributed by atoms with van der Waals surface area (Å²) in [4.78, 5) is 11.3. The van der Waals surface area contributed by atoms with Gasteiger partial charge in [0.15, 0.2) is 0 Å². The molecule has 0 aromatic heterocycles. The van der Waals surface area contributed by atoms with Gasteiger partial charge in [0.1, 0.15) is 5.75 Å². The minimum atomic E-state index is -0.242. The van der Waals surface area contributed by atoms with Crippen molar-refractivity contribution in [2.45, 2.75) is 18.9 Å². The highest BCUT2D eigenvalue weighted by molar-refractivity contribution is 5.70. The molecule has 86 valence electrons. The fraction of sp³-hybridized carbons (Fsp3) is 0.417. The third kappa shape index (κ3) is 2.17. The van der Waals surface area contributed by atoms with Crippen LogP contribution >= 0.6 is 0 Å². The van der Waals surface area contributed by atoms with Crippen LogP contribution in [-0.2, 0) is 16.0 Å². The lowest BCUT2D eigenvalue weighted by molar-refractivity contribution is -0.141. The molecule has 0 saturated carbocycles. The molecule has 4 heteroatoms. The molecule has 2 rings (SSSR count). The number of phenolic OH excluding ortho intramolecular Hbond substituents is 1. The molecule has 2 N–H and O–H groups in total. The van der Waals surface area contributed by atoms with Crippen molar-refractivity contribution in [3.63, 3.8) is 0 Å². The molecule has 1 unspecified atom stereocenters. The van der Waals surface area contributed by atoms with Crippen molar-refractivity contribution >= 4 is 5.97 Å². The van der Waals surface area contributed by atoms with E-state index >= 15 is 0 Å². The van der Waals surface area contributed by atoms with Gasteiger partial charge in [0.2, 0.25) is 0 Å². The molecule has 0 amide bonds. The standard InChI is InChI=1S/C12H15NO3/c1-16-12(15)7-11-10-6-9(14)3-2-8(10)4-5-13-11/h2-3,6,11,13-14H,4-5,7H2,1H3. The third-order valence-electron chi connectivity index (χ3n) is 2.89. The number of esters is 1. The molecule has 1 aliphatic heterocycles. The van der Waals surface area contributed by atoms with Crippen LogP contribution in [0.25, 0.3) is 0 Å². The van der Waals surface area contributed by atoms with Crippen molar-refractivity contribution in [1.29, 1.82) is 0 Å². The van der Waals surface area contributed by atoms with E-state index in [2.05, 4.69) is 10.1 Å². The lowest BCUT2D eigenvalue weighted by Gasteiger charge is -2.26. The van der Waals surface area contributed by atoms with Crippen molar-refractivity contribution in [2.75, 3.05) is 13.7 Å². The number of hydrogen-bond acceptors (Lipinski definition) is 4. The van der Waals surface area contributed by atoms with E-state index in [1.165, 1.54) is 12.7 Å². The van der Waals surface area contributed by atoms with Crippen LogP contribution in [-0.4, -0.2) is 24.7 Å². The molecule has 0 aliphatic carbocycles. The molecule has 0 saturated heterocycles. The quantitative estimate of drug-likeness (QED) is 0.735. The fourth-order valence-electron chi connectivity index (χ4n) is 2.06. The molecule has 1 heterocycles. The second-order valence-corrected chi connectivity index (χ2v) is 3.92. The Morgan fingerprint density at radius 1 is 1.62 bits per heavy atom. The molecule has 16 heavy (non-hydrogen) atoms. The first-order valence-electron chi connectivity index (χ1n) is 5.32. The number of methoxy groups -OCH3 is 1. The van der Waals surface area contributed by atoms with Gasteiger partial charge in [-0.05, 0) is 36.2 Å². The number of benzene rings is 1. The highest BCUT2D eigenvalue weighted by Gasteiger charge is 2.22. The highest BCUT2D eigenvalue weighted by atomic mass is 16.5. The lowest BCUT2D eigenvalue weighted by Crippen LogP contribution is -2.31. The summed E-state index contributed by atoms with van der Waals surface area (Å²) >= 11 is 0. The fourth-order valence-corrected chi connectivity index (χ4v) is 2.06. The van der Waals surface area contributed by atoms with E-state index in [1.54, 1.807) is 12.1 Å². The molecule has 0 spiro atoms. The third-order valence-corrected chi connectivity index (χ3v) is 2.89. The SMILES string of the molecule is COC(=O)CC1NCCc2ccc(O)cc21. The Hall–Kier alpha value is -1.55. The Kier molecular flexibility index (Phi) is 3.10. The van der Waals surface area contributed by atoms with E-state index in [0.717, 1.165) is 18.5 Å². The van der Waals surface area contributed by atoms with Crippen LogP contribution in [0.3, 0.4) is 0 Å². The monoisotopic (exact) mass is 221 g/mol. The number of aromatic hydroxyl groups is 1. The first-order chi connectivity index (χ1) is 7.70. The highest BCUT2D eigenvalue weighted by Crippen LogP contribution is 2.28. The van der Waals surface area contributed by atoms with E-state index in [0.29, 0.717) is 6.42 Å². The lowest BCUT2D eigenvalue weighted by atomic mass is 9.92. The van der Waals surface area contributed by atoms with Crippen molar-refractivity contribution in [3.8, 4) is 5.75 Å². The molecular weight excluding hydrogens is 206 g/mol. The van der Waals surface area contributed by atoms with Gasteiger partial charge in [0.25, 0.3) is 0 Å². The number of nitrogens with one attached hydrogen (secondary N) is 1. The smallest absolute Gasteiger partial charge is 0.307 e. The minimum absolute atomic E-state index is 0.0525. The number of hydrogen-bond donors (Lipinski definition) is 2. The zero-order valence-electron chi connectivity index (χ0n) is 9.19. The maximum Gasteiger partial charge on any atom is 0.307 e. The topological polar surface area (TPSA) is 58.6 Å². The maximum absolute atomic E-state index is 11.3. The van der Waals surface area contributed by atoms with Crippen LogP contribution < -0.4 is 5.32 Å². The Morgan fingerprint density at radius 2 is 2.44 bits per heavy atom. The second kappa shape index (κ2) is 4.53. The summed E-state index contributed by atoms with van der Waals surface area (Å²) in [6.07, 6.45) is 1.22. The van der Waals surface area contributed by atoms with Gasteiger partial charge in [0, 0.05) is 6.04 Å². The van der Waals surface area contributed by atoms with Crippen LogP contribution in [0.5, 0.6) is 5.75 Å². The van der Waals surface area contributed by atoms with Crippen molar-refractivity contribution in [3.05, 3.63) is 29.3 Å². The van der Waals surface area contributed by atoms with Crippen molar-refractivity contribution < 1.29 is 14.6 Å². The van der Waals surface area contributed by atoms with Crippen LogP contribution in [0.15, 0.2) is 18.2 Å². The number of rotatable bonds is 2. The molecule has 1 atom stereocenters. The Balaban J connectivity index is 2.24. The molecule has 4 nitrogen and oxygen atoms in total. The van der Waals surface area contributed by atoms with Gasteiger partial charge in [-0.25, -0.2) is 0 Å². The van der Waals surface area contributed by atoms with Crippen LogP contribution in [0.4, 0.5) is 0 Å². The van der Waals surface area contributed by atoms with E-state index in [-0.39, 0.29) is 17.8 Å². The number of phenols is 1. The van der Waals surface area contributed by atoms with E-state index in [4.69, 9.17) is 0 Å². The van der Waals surface area contributed by atoms with Gasteiger partial charge in [-0.2, -0.15) is 0 Å². The number of carbonyl (C=O) groups is 1. The summed E-state index contributed by atoms with van der Waals surface area (Å²) in [7, 11) is 1.38. The van der Waals surface area contributed by atoms with E-state index in [9.17, 15) is 9.90 Å². The molecule has 1 aromatic rings. The molecule has 0 fully saturated rings. The molecule has 0 radical (unpaired) electrons. The van der Waals surface area contributed by atoms with Crippen molar-refractivity contribution in [2.24, 2.45) is 0 Å². The average Bonchev–Trinajstić information content (AvgIpc) is 2.29. The van der Waals surface area contributed by atoms with Gasteiger partial charge >= 0.3 is 5.97 Å². The first-order valence-corrected chi connectivity index (χ1v) is 5.32. The number of carbonyl (C=O) groups excluding carboxylic acids is 1. The van der Waals surface area contributed by atoms with E-state index in [1.807, 2.05) is 6.07 Å². The van der Waals surface area contributed by atoms with Crippen LogP contribution in [0.2, 0.25) is 0 Å². The summed E-state index contributed by atoms with van der Waals surface area (Å²) in [6.45, 7) is 0.847. The summed E-state index contributed by atoms with van der Waals surface area (Å²) in [6, 6.07) is 5.26. The maximum atomic E-state index is 11.3. The summed E-state index contributed by atoms with van der Waals surface area (Å²) in [5, 5.41) is 12.7. The second-order valence-electron chi connectivity index (χ2n) is 3.92. The predicted molar refractivity (Wildman–Crippen MR) is 59.2 cm³/mol.